The number of rotatable bonds is 3. The number of benzene rings is 3. The fourth-order valence-electron chi connectivity index (χ4n) is 3.36. The Balaban J connectivity index is 1.87. The maximum atomic E-state index is 13.2. The Hall–Kier alpha value is -2.98. The molecule has 0 spiro atoms. The molecule has 28 heavy (non-hydrogen) atoms. The second-order valence-electron chi connectivity index (χ2n) is 6.86. The molecule has 4 heteroatoms. The Morgan fingerprint density at radius 3 is 2.36 bits per heavy atom. The summed E-state index contributed by atoms with van der Waals surface area (Å²) in [6.07, 6.45) is 0. The van der Waals surface area contributed by atoms with Crippen LogP contribution in [0.15, 0.2) is 77.3 Å². The Labute approximate surface area is 172 Å². The van der Waals surface area contributed by atoms with E-state index >= 15 is 0 Å². The van der Waals surface area contributed by atoms with Crippen LogP contribution in [0.4, 0.5) is 5.69 Å². The maximum Gasteiger partial charge on any atom is 0.256 e. The summed E-state index contributed by atoms with van der Waals surface area (Å²) in [5.74, 6) is -0.142. The first-order valence-corrected chi connectivity index (χ1v) is 9.85. The molecule has 138 valence electrons. The molecular formula is C24H19BrN2O. The minimum Gasteiger partial charge on any atom is -0.322 e. The van der Waals surface area contributed by atoms with Crippen molar-refractivity contribution >= 4 is 38.4 Å². The van der Waals surface area contributed by atoms with Gasteiger partial charge in [0.25, 0.3) is 5.91 Å². The summed E-state index contributed by atoms with van der Waals surface area (Å²) in [6.45, 7) is 4.07. The lowest BCUT2D eigenvalue weighted by atomic mass is 9.99. The van der Waals surface area contributed by atoms with E-state index in [2.05, 4.69) is 27.3 Å². The standard InChI is InChI=1S/C24H19BrN2O/c1-15-12-16(2)23-20(13-15)21(14-22(27-23)17-6-4-3-5-7-17)24(28)26-19-10-8-18(25)9-11-19/h3-14H,1-2H3,(H,26,28). The Morgan fingerprint density at radius 1 is 0.929 bits per heavy atom. The van der Waals surface area contributed by atoms with Gasteiger partial charge in [0.1, 0.15) is 0 Å². The monoisotopic (exact) mass is 430 g/mol. The number of aromatic nitrogens is 1. The van der Waals surface area contributed by atoms with Crippen LogP contribution in [-0.4, -0.2) is 10.9 Å². The van der Waals surface area contributed by atoms with Crippen molar-refractivity contribution in [3.63, 3.8) is 0 Å². The third kappa shape index (κ3) is 3.69. The number of fused-ring (bicyclic) bond motifs is 1. The van der Waals surface area contributed by atoms with E-state index in [0.29, 0.717) is 5.56 Å². The first-order valence-electron chi connectivity index (χ1n) is 9.05. The molecule has 3 aromatic carbocycles. The summed E-state index contributed by atoms with van der Waals surface area (Å²) in [5.41, 5.74) is 6.18. The van der Waals surface area contributed by atoms with Crippen LogP contribution in [0.5, 0.6) is 0 Å². The zero-order valence-electron chi connectivity index (χ0n) is 15.7. The van der Waals surface area contributed by atoms with Crippen molar-refractivity contribution in [3.05, 3.63) is 94.0 Å². The van der Waals surface area contributed by atoms with Gasteiger partial charge < -0.3 is 5.32 Å². The largest absolute Gasteiger partial charge is 0.322 e. The number of hydrogen-bond acceptors (Lipinski definition) is 2. The summed E-state index contributed by atoms with van der Waals surface area (Å²) in [6, 6.07) is 23.5. The smallest absolute Gasteiger partial charge is 0.256 e. The highest BCUT2D eigenvalue weighted by Crippen LogP contribution is 2.28. The maximum absolute atomic E-state index is 13.2. The van der Waals surface area contributed by atoms with Crippen molar-refractivity contribution in [2.75, 3.05) is 5.32 Å². The van der Waals surface area contributed by atoms with Crippen LogP contribution in [0.1, 0.15) is 21.5 Å². The average Bonchev–Trinajstić information content (AvgIpc) is 2.69. The van der Waals surface area contributed by atoms with Gasteiger partial charge in [-0.15, -0.1) is 0 Å². The van der Waals surface area contributed by atoms with Crippen molar-refractivity contribution < 1.29 is 4.79 Å². The molecule has 0 aliphatic rings. The molecular weight excluding hydrogens is 412 g/mol. The highest BCUT2D eigenvalue weighted by atomic mass is 79.9. The molecule has 3 nitrogen and oxygen atoms in total. The second-order valence-corrected chi connectivity index (χ2v) is 7.78. The van der Waals surface area contributed by atoms with E-state index in [9.17, 15) is 4.79 Å². The first-order chi connectivity index (χ1) is 13.5. The molecule has 0 saturated carbocycles. The van der Waals surface area contributed by atoms with Crippen LogP contribution >= 0.6 is 15.9 Å². The molecule has 1 amide bonds. The molecule has 0 atom stereocenters. The number of aryl methyl sites for hydroxylation is 2. The SMILES string of the molecule is Cc1cc(C)c2nc(-c3ccccc3)cc(C(=O)Nc3ccc(Br)cc3)c2c1. The number of nitrogens with one attached hydrogen (secondary N) is 1. The highest BCUT2D eigenvalue weighted by molar-refractivity contribution is 9.10. The van der Waals surface area contributed by atoms with Crippen molar-refractivity contribution in [1.82, 2.24) is 4.98 Å². The lowest BCUT2D eigenvalue weighted by Gasteiger charge is -2.13. The van der Waals surface area contributed by atoms with E-state index < -0.39 is 0 Å². The lowest BCUT2D eigenvalue weighted by Crippen LogP contribution is -2.13. The van der Waals surface area contributed by atoms with Gasteiger partial charge in [0.15, 0.2) is 0 Å². The third-order valence-corrected chi connectivity index (χ3v) is 5.19. The molecule has 0 saturated heterocycles. The molecule has 0 unspecified atom stereocenters. The van der Waals surface area contributed by atoms with E-state index in [4.69, 9.17) is 4.98 Å². The van der Waals surface area contributed by atoms with Gasteiger partial charge in [-0.3, -0.25) is 4.79 Å². The quantitative estimate of drug-likeness (QED) is 0.401. The number of carbonyl (C=O) groups is 1. The molecule has 0 radical (unpaired) electrons. The van der Waals surface area contributed by atoms with E-state index in [-0.39, 0.29) is 5.91 Å². The molecule has 1 N–H and O–H groups in total. The summed E-state index contributed by atoms with van der Waals surface area (Å²) in [5, 5.41) is 3.88. The molecule has 4 rings (SSSR count). The predicted molar refractivity (Wildman–Crippen MR) is 119 cm³/mol. The molecule has 0 bridgehead atoms. The number of carbonyl (C=O) groups excluding carboxylic acids is 1. The number of halogens is 1. The van der Waals surface area contributed by atoms with Gasteiger partial charge in [-0.2, -0.15) is 0 Å². The summed E-state index contributed by atoms with van der Waals surface area (Å²) in [4.78, 5) is 18.0. The molecule has 0 fully saturated rings. The highest BCUT2D eigenvalue weighted by Gasteiger charge is 2.16. The van der Waals surface area contributed by atoms with Crippen LogP contribution in [0.3, 0.4) is 0 Å². The summed E-state index contributed by atoms with van der Waals surface area (Å²) < 4.78 is 0.970. The minimum absolute atomic E-state index is 0.142. The van der Waals surface area contributed by atoms with Crippen molar-refractivity contribution in [2.45, 2.75) is 13.8 Å². The molecule has 4 aromatic rings. The van der Waals surface area contributed by atoms with Crippen LogP contribution in [0.25, 0.3) is 22.2 Å². The van der Waals surface area contributed by atoms with Crippen molar-refractivity contribution in [1.29, 1.82) is 0 Å². The normalized spacial score (nSPS) is 10.8. The van der Waals surface area contributed by atoms with Gasteiger partial charge in [0, 0.05) is 21.1 Å². The molecule has 1 heterocycles. The van der Waals surface area contributed by atoms with E-state index in [1.165, 1.54) is 0 Å². The van der Waals surface area contributed by atoms with Crippen LogP contribution in [0, 0.1) is 13.8 Å². The van der Waals surface area contributed by atoms with Crippen molar-refractivity contribution in [2.24, 2.45) is 0 Å². The third-order valence-electron chi connectivity index (χ3n) is 4.66. The van der Waals surface area contributed by atoms with Gasteiger partial charge in [-0.05, 0) is 55.8 Å². The van der Waals surface area contributed by atoms with Gasteiger partial charge in [-0.25, -0.2) is 4.98 Å². The summed E-state index contributed by atoms with van der Waals surface area (Å²) in [7, 11) is 0. The molecule has 0 aliphatic heterocycles. The number of anilines is 1. The molecule has 0 aliphatic carbocycles. The zero-order valence-corrected chi connectivity index (χ0v) is 17.2. The lowest BCUT2D eigenvalue weighted by molar-refractivity contribution is 0.102. The van der Waals surface area contributed by atoms with Gasteiger partial charge in [0.05, 0.1) is 16.8 Å². The Bertz CT molecular complexity index is 1170. The minimum atomic E-state index is -0.142. The van der Waals surface area contributed by atoms with Crippen molar-refractivity contribution in [3.8, 4) is 11.3 Å². The van der Waals surface area contributed by atoms with E-state index in [0.717, 1.165) is 43.4 Å². The number of nitrogens with zero attached hydrogens (tertiary/aromatic N) is 1. The fourth-order valence-corrected chi connectivity index (χ4v) is 3.62. The molecule has 1 aromatic heterocycles. The van der Waals surface area contributed by atoms with Gasteiger partial charge in [0.2, 0.25) is 0 Å². The zero-order chi connectivity index (χ0) is 19.7. The Kier molecular flexibility index (Phi) is 4.97. The summed E-state index contributed by atoms with van der Waals surface area (Å²) >= 11 is 3.42. The predicted octanol–water partition coefficient (Wildman–Crippen LogP) is 6.53. The second kappa shape index (κ2) is 7.56. The number of hydrogen-bond donors (Lipinski definition) is 1. The van der Waals surface area contributed by atoms with Crippen LogP contribution in [0.2, 0.25) is 0 Å². The Morgan fingerprint density at radius 2 is 1.64 bits per heavy atom. The first kappa shape index (κ1) is 18.4. The number of amides is 1. The van der Waals surface area contributed by atoms with Crippen LogP contribution in [-0.2, 0) is 0 Å². The average molecular weight is 431 g/mol. The van der Waals surface area contributed by atoms with E-state index in [1.807, 2.05) is 80.6 Å². The topological polar surface area (TPSA) is 42.0 Å². The van der Waals surface area contributed by atoms with Gasteiger partial charge in [-0.1, -0.05) is 57.9 Å². The fraction of sp³-hybridized carbons (Fsp3) is 0.0833. The van der Waals surface area contributed by atoms with Crippen LogP contribution < -0.4 is 5.32 Å². The van der Waals surface area contributed by atoms with E-state index in [1.54, 1.807) is 0 Å². The van der Waals surface area contributed by atoms with Gasteiger partial charge >= 0.3 is 0 Å². The number of pyridine rings is 1.